The molecule has 0 aliphatic carbocycles. The summed E-state index contributed by atoms with van der Waals surface area (Å²) in [5, 5.41) is 3.24. The zero-order valence-corrected chi connectivity index (χ0v) is 21.9. The van der Waals surface area contributed by atoms with Gasteiger partial charge in [0.2, 0.25) is 10.0 Å². The number of ether oxygens (including phenoxy) is 2. The number of aliphatic imine (C=N–C) groups is 1. The Bertz CT molecular complexity index is 618. The molecule has 0 aromatic rings. The molecule has 1 unspecified atom stereocenters. The normalized spacial score (nSPS) is 25.0. The smallest absolute Gasteiger partial charge is 0.215 e. The molecule has 0 spiro atoms. The van der Waals surface area contributed by atoms with Gasteiger partial charge in [0, 0.05) is 57.9 Å². The maximum atomic E-state index is 12.5. The summed E-state index contributed by atoms with van der Waals surface area (Å²) in [6, 6.07) is 0. The maximum Gasteiger partial charge on any atom is 0.215 e. The lowest BCUT2D eigenvalue weighted by atomic mass is 10.1. The first-order chi connectivity index (χ1) is 14.1. The van der Waals surface area contributed by atoms with Crippen molar-refractivity contribution in [2.75, 3.05) is 70.2 Å². The van der Waals surface area contributed by atoms with Gasteiger partial charge in [-0.05, 0) is 32.1 Å². The lowest BCUT2D eigenvalue weighted by molar-refractivity contribution is -0.0721. The molecule has 1 N–H and O–H groups in total. The van der Waals surface area contributed by atoms with E-state index in [-0.39, 0.29) is 41.9 Å². The predicted octanol–water partition coefficient (Wildman–Crippen LogP) is 1.61. The summed E-state index contributed by atoms with van der Waals surface area (Å²) >= 11 is 1.81. The van der Waals surface area contributed by atoms with E-state index in [9.17, 15) is 8.42 Å². The first-order valence-corrected chi connectivity index (χ1v) is 13.6. The second-order valence-electron chi connectivity index (χ2n) is 7.81. The quantitative estimate of drug-likeness (QED) is 0.280. The Morgan fingerprint density at radius 2 is 1.90 bits per heavy atom. The Morgan fingerprint density at radius 1 is 1.17 bits per heavy atom. The molecule has 0 bridgehead atoms. The number of sulfonamides is 1. The average Bonchev–Trinajstić information content (AvgIpc) is 2.77. The molecular formula is C19H37IN4O4S2. The third-order valence-electron chi connectivity index (χ3n) is 5.75. The summed E-state index contributed by atoms with van der Waals surface area (Å²) in [5.74, 6) is 2.66. The van der Waals surface area contributed by atoms with Crippen molar-refractivity contribution in [2.45, 2.75) is 44.3 Å². The van der Waals surface area contributed by atoms with E-state index in [1.54, 1.807) is 11.4 Å². The van der Waals surface area contributed by atoms with Crippen LogP contribution in [0, 0.1) is 0 Å². The van der Waals surface area contributed by atoms with Crippen molar-refractivity contribution in [1.82, 2.24) is 14.5 Å². The molecule has 8 nitrogen and oxygen atoms in total. The topological polar surface area (TPSA) is 83.5 Å². The second kappa shape index (κ2) is 13.7. The summed E-state index contributed by atoms with van der Waals surface area (Å²) in [6.07, 6.45) is 5.95. The molecule has 11 heteroatoms. The highest BCUT2D eigenvalue weighted by atomic mass is 127. The Morgan fingerprint density at radius 3 is 2.53 bits per heavy atom. The van der Waals surface area contributed by atoms with Crippen molar-refractivity contribution >= 4 is 51.7 Å². The molecule has 0 aromatic carbocycles. The fourth-order valence-electron chi connectivity index (χ4n) is 3.99. The van der Waals surface area contributed by atoms with Crippen LogP contribution in [-0.2, 0) is 19.5 Å². The van der Waals surface area contributed by atoms with E-state index in [0.29, 0.717) is 26.2 Å². The van der Waals surface area contributed by atoms with Crippen LogP contribution in [0.15, 0.2) is 4.99 Å². The largest absolute Gasteiger partial charge is 0.376 e. The van der Waals surface area contributed by atoms with Gasteiger partial charge in [-0.25, -0.2) is 12.7 Å². The Labute approximate surface area is 203 Å². The van der Waals surface area contributed by atoms with Crippen LogP contribution < -0.4 is 5.32 Å². The minimum Gasteiger partial charge on any atom is -0.376 e. The molecule has 0 amide bonds. The monoisotopic (exact) mass is 576 g/mol. The molecule has 0 aromatic heterocycles. The van der Waals surface area contributed by atoms with E-state index in [0.717, 1.165) is 56.4 Å². The molecule has 3 saturated heterocycles. The third-order valence-corrected chi connectivity index (χ3v) is 8.57. The third kappa shape index (κ3) is 8.27. The second-order valence-corrected chi connectivity index (χ2v) is 11.1. The first kappa shape index (κ1) is 26.4. The molecule has 3 fully saturated rings. The summed E-state index contributed by atoms with van der Waals surface area (Å²) in [5.41, 5.74) is 0. The summed E-state index contributed by atoms with van der Waals surface area (Å²) in [4.78, 5) is 6.54. The highest BCUT2D eigenvalue weighted by Crippen LogP contribution is 2.18. The molecule has 1 atom stereocenters. The molecule has 0 radical (unpaired) electrons. The van der Waals surface area contributed by atoms with Crippen molar-refractivity contribution in [2.24, 2.45) is 4.99 Å². The van der Waals surface area contributed by atoms with Crippen LogP contribution in [0.4, 0.5) is 0 Å². The maximum absolute atomic E-state index is 12.5. The van der Waals surface area contributed by atoms with Gasteiger partial charge in [-0.15, -0.1) is 24.0 Å². The Balaban J connectivity index is 0.00000320. The van der Waals surface area contributed by atoms with Crippen LogP contribution in [-0.4, -0.2) is 106 Å². The van der Waals surface area contributed by atoms with Crippen molar-refractivity contribution in [1.29, 1.82) is 0 Å². The molecule has 3 rings (SSSR count). The lowest BCUT2D eigenvalue weighted by Crippen LogP contribution is -2.49. The molecule has 3 heterocycles. The van der Waals surface area contributed by atoms with Gasteiger partial charge in [-0.1, -0.05) is 0 Å². The van der Waals surface area contributed by atoms with Crippen LogP contribution in [0.2, 0.25) is 0 Å². The van der Waals surface area contributed by atoms with Gasteiger partial charge in [0.15, 0.2) is 5.96 Å². The van der Waals surface area contributed by atoms with Crippen molar-refractivity contribution < 1.29 is 17.9 Å². The van der Waals surface area contributed by atoms with Gasteiger partial charge < -0.3 is 19.7 Å². The van der Waals surface area contributed by atoms with Crippen LogP contribution >= 0.6 is 35.7 Å². The summed E-state index contributed by atoms with van der Waals surface area (Å²) in [7, 11) is -1.44. The summed E-state index contributed by atoms with van der Waals surface area (Å²) < 4.78 is 38.4. The number of thioether (sulfide) groups is 1. The van der Waals surface area contributed by atoms with Gasteiger partial charge in [-0.3, -0.25) is 4.99 Å². The highest BCUT2D eigenvalue weighted by molar-refractivity contribution is 14.0. The zero-order valence-electron chi connectivity index (χ0n) is 18.0. The molecule has 176 valence electrons. The summed E-state index contributed by atoms with van der Waals surface area (Å²) in [6.45, 7) is 4.93. The minimum atomic E-state index is -3.19. The number of halogens is 1. The van der Waals surface area contributed by atoms with E-state index in [4.69, 9.17) is 9.47 Å². The first-order valence-electron chi connectivity index (χ1n) is 10.8. The van der Waals surface area contributed by atoms with E-state index in [2.05, 4.69) is 15.2 Å². The number of nitrogens with zero attached hydrogens (tertiary/aromatic N) is 3. The van der Waals surface area contributed by atoms with Crippen LogP contribution in [0.3, 0.4) is 0 Å². The molecular weight excluding hydrogens is 539 g/mol. The standard InChI is InChI=1S/C19H36N4O4S2.HI/c1-20-19(21-7-15-29(24,25)23-10-13-28-14-11-23)22-8-5-17(6-9-22)27-16-18-4-2-3-12-26-18;/h17-18H,2-16H2,1H3,(H,20,21);1H. The van der Waals surface area contributed by atoms with Gasteiger partial charge in [0.05, 0.1) is 24.6 Å². The lowest BCUT2D eigenvalue weighted by Gasteiger charge is -2.35. The van der Waals surface area contributed by atoms with Crippen LogP contribution in [0.1, 0.15) is 32.1 Å². The molecule has 0 saturated carbocycles. The minimum absolute atomic E-state index is 0. The number of likely N-dealkylation sites (tertiary alicyclic amines) is 1. The van der Waals surface area contributed by atoms with Gasteiger partial charge >= 0.3 is 0 Å². The number of piperidine rings is 1. The number of rotatable bonds is 7. The highest BCUT2D eigenvalue weighted by Gasteiger charge is 2.26. The Kier molecular flexibility index (Phi) is 12.0. The average molecular weight is 577 g/mol. The van der Waals surface area contributed by atoms with Gasteiger partial charge in [-0.2, -0.15) is 11.8 Å². The predicted molar refractivity (Wildman–Crippen MR) is 134 cm³/mol. The van der Waals surface area contributed by atoms with Crippen molar-refractivity contribution in [3.8, 4) is 0 Å². The van der Waals surface area contributed by atoms with E-state index >= 15 is 0 Å². The van der Waals surface area contributed by atoms with E-state index in [1.165, 1.54) is 12.8 Å². The number of guanidine groups is 1. The number of nitrogens with one attached hydrogen (secondary N) is 1. The Hall–Kier alpha value is 0.180. The van der Waals surface area contributed by atoms with Gasteiger partial charge in [0.1, 0.15) is 0 Å². The van der Waals surface area contributed by atoms with Crippen LogP contribution in [0.25, 0.3) is 0 Å². The fraction of sp³-hybridized carbons (Fsp3) is 0.947. The van der Waals surface area contributed by atoms with Gasteiger partial charge in [0.25, 0.3) is 0 Å². The van der Waals surface area contributed by atoms with E-state index < -0.39 is 10.0 Å². The van der Waals surface area contributed by atoms with Crippen molar-refractivity contribution in [3.05, 3.63) is 0 Å². The molecule has 30 heavy (non-hydrogen) atoms. The zero-order chi connectivity index (χ0) is 20.5. The van der Waals surface area contributed by atoms with E-state index in [1.807, 2.05) is 11.8 Å². The molecule has 3 aliphatic heterocycles. The van der Waals surface area contributed by atoms with Crippen LogP contribution in [0.5, 0.6) is 0 Å². The SMILES string of the molecule is CN=C(NCCS(=O)(=O)N1CCSCC1)N1CCC(OCC2CCCCO2)CC1.I. The number of hydrogen-bond donors (Lipinski definition) is 1. The number of hydrogen-bond acceptors (Lipinski definition) is 6. The molecule has 3 aliphatic rings. The fourth-order valence-corrected chi connectivity index (χ4v) is 6.49. The van der Waals surface area contributed by atoms with Crippen molar-refractivity contribution in [3.63, 3.8) is 0 Å².